The minimum Gasteiger partial charge on any atom is -0.354 e. The molecule has 1 fully saturated rings. The van der Waals surface area contributed by atoms with Crippen molar-refractivity contribution in [3.63, 3.8) is 0 Å². The first-order chi connectivity index (χ1) is 13.5. The Labute approximate surface area is 167 Å². The van der Waals surface area contributed by atoms with Gasteiger partial charge in [-0.3, -0.25) is 14.5 Å². The molecular formula is C22H32N4O2. The largest absolute Gasteiger partial charge is 0.354 e. The van der Waals surface area contributed by atoms with Gasteiger partial charge < -0.3 is 5.32 Å². The van der Waals surface area contributed by atoms with Gasteiger partial charge in [0.1, 0.15) is 0 Å². The standard InChI is InChI=1S/C22H32N4O2/c1-16-11-13-26(14-12-16)20(19-6-4-3-5-17(19)2)15-23-21(27)9-7-18-8-10-22(28)25-24-18/h3-6,16,20H,7-15H2,1-2H3,(H,23,27)(H,25,28). The molecule has 28 heavy (non-hydrogen) atoms. The Hall–Kier alpha value is -2.21. The van der Waals surface area contributed by atoms with E-state index in [1.807, 2.05) is 0 Å². The number of nitrogens with one attached hydrogen (secondary N) is 2. The van der Waals surface area contributed by atoms with Crippen molar-refractivity contribution in [3.05, 3.63) is 35.4 Å². The molecule has 1 saturated heterocycles. The fourth-order valence-corrected chi connectivity index (χ4v) is 3.99. The predicted molar refractivity (Wildman–Crippen MR) is 111 cm³/mol. The molecule has 0 saturated carbocycles. The van der Waals surface area contributed by atoms with Crippen LogP contribution < -0.4 is 10.7 Å². The third-order valence-corrected chi connectivity index (χ3v) is 5.92. The summed E-state index contributed by atoms with van der Waals surface area (Å²) in [5.74, 6) is 0.772. The first kappa shape index (κ1) is 20.5. The number of carbonyl (C=O) groups excluding carboxylic acids is 2. The number of hydrazone groups is 1. The Balaban J connectivity index is 1.57. The Kier molecular flexibility index (Phi) is 7.20. The van der Waals surface area contributed by atoms with Crippen LogP contribution in [-0.4, -0.2) is 42.1 Å². The Morgan fingerprint density at radius 3 is 2.71 bits per heavy atom. The van der Waals surface area contributed by atoms with Crippen molar-refractivity contribution < 1.29 is 9.59 Å². The molecule has 0 bridgehead atoms. The zero-order valence-electron chi connectivity index (χ0n) is 17.0. The van der Waals surface area contributed by atoms with Crippen LogP contribution in [0.3, 0.4) is 0 Å². The number of likely N-dealkylation sites (tertiary alicyclic amines) is 1. The maximum Gasteiger partial charge on any atom is 0.240 e. The second-order valence-corrected chi connectivity index (χ2v) is 8.11. The number of nitrogens with zero attached hydrogens (tertiary/aromatic N) is 2. The van der Waals surface area contributed by atoms with Crippen LogP contribution in [0.5, 0.6) is 0 Å². The maximum atomic E-state index is 12.4. The second kappa shape index (κ2) is 9.82. The number of aryl methyl sites for hydroxylation is 1. The topological polar surface area (TPSA) is 73.8 Å². The van der Waals surface area contributed by atoms with Crippen LogP contribution in [0.4, 0.5) is 0 Å². The number of benzene rings is 1. The fourth-order valence-electron chi connectivity index (χ4n) is 3.99. The maximum absolute atomic E-state index is 12.4. The van der Waals surface area contributed by atoms with Gasteiger partial charge in [-0.2, -0.15) is 5.10 Å². The van der Waals surface area contributed by atoms with E-state index in [0.717, 1.165) is 24.7 Å². The smallest absolute Gasteiger partial charge is 0.240 e. The Morgan fingerprint density at radius 1 is 1.29 bits per heavy atom. The molecule has 2 N–H and O–H groups in total. The van der Waals surface area contributed by atoms with E-state index >= 15 is 0 Å². The van der Waals surface area contributed by atoms with Crippen molar-refractivity contribution in [3.8, 4) is 0 Å². The molecule has 0 aliphatic carbocycles. The van der Waals surface area contributed by atoms with E-state index in [9.17, 15) is 9.59 Å². The second-order valence-electron chi connectivity index (χ2n) is 8.11. The highest BCUT2D eigenvalue weighted by atomic mass is 16.2. The Morgan fingerprint density at radius 2 is 2.04 bits per heavy atom. The molecule has 2 aliphatic rings. The minimum atomic E-state index is -0.0508. The van der Waals surface area contributed by atoms with Crippen LogP contribution in [0, 0.1) is 12.8 Å². The van der Waals surface area contributed by atoms with Gasteiger partial charge in [0.05, 0.1) is 6.04 Å². The molecule has 1 aromatic rings. The molecule has 2 aliphatic heterocycles. The summed E-state index contributed by atoms with van der Waals surface area (Å²) in [5, 5.41) is 7.19. The van der Waals surface area contributed by atoms with Gasteiger partial charge in [-0.1, -0.05) is 31.2 Å². The minimum absolute atomic E-state index is 0.0450. The summed E-state index contributed by atoms with van der Waals surface area (Å²) in [6, 6.07) is 8.69. The molecule has 2 heterocycles. The lowest BCUT2D eigenvalue weighted by Gasteiger charge is -2.37. The SMILES string of the molecule is Cc1ccccc1C(CNC(=O)CCC1=NNC(=O)CC1)N1CCC(C)CC1. The summed E-state index contributed by atoms with van der Waals surface area (Å²) in [4.78, 5) is 26.1. The summed E-state index contributed by atoms with van der Waals surface area (Å²) in [6.07, 6.45) is 4.54. The first-order valence-electron chi connectivity index (χ1n) is 10.4. The number of hydrogen-bond donors (Lipinski definition) is 2. The molecule has 1 unspecified atom stereocenters. The van der Waals surface area contributed by atoms with Gasteiger partial charge in [0.2, 0.25) is 11.8 Å². The average Bonchev–Trinajstić information content (AvgIpc) is 2.70. The molecule has 0 radical (unpaired) electrons. The Bertz CT molecular complexity index is 723. The van der Waals surface area contributed by atoms with Crippen LogP contribution in [0.2, 0.25) is 0 Å². The van der Waals surface area contributed by atoms with Crippen molar-refractivity contribution in [1.82, 2.24) is 15.6 Å². The van der Waals surface area contributed by atoms with Crippen LogP contribution in [-0.2, 0) is 9.59 Å². The lowest BCUT2D eigenvalue weighted by atomic mass is 9.94. The highest BCUT2D eigenvalue weighted by Crippen LogP contribution is 2.28. The van der Waals surface area contributed by atoms with E-state index in [2.05, 4.69) is 58.9 Å². The molecular weight excluding hydrogens is 352 g/mol. The fraction of sp³-hybridized carbons (Fsp3) is 0.591. The van der Waals surface area contributed by atoms with E-state index in [1.54, 1.807) is 0 Å². The quantitative estimate of drug-likeness (QED) is 0.759. The molecule has 152 valence electrons. The number of carbonyl (C=O) groups is 2. The van der Waals surface area contributed by atoms with Gasteiger partial charge in [-0.15, -0.1) is 0 Å². The third kappa shape index (κ3) is 5.64. The number of amides is 2. The van der Waals surface area contributed by atoms with Gasteiger partial charge in [0.15, 0.2) is 0 Å². The lowest BCUT2D eigenvalue weighted by Crippen LogP contribution is -2.42. The van der Waals surface area contributed by atoms with E-state index in [4.69, 9.17) is 0 Å². The summed E-state index contributed by atoms with van der Waals surface area (Å²) < 4.78 is 0. The average molecular weight is 385 g/mol. The van der Waals surface area contributed by atoms with Crippen LogP contribution >= 0.6 is 0 Å². The summed E-state index contributed by atoms with van der Waals surface area (Å²) >= 11 is 0. The summed E-state index contributed by atoms with van der Waals surface area (Å²) in [6.45, 7) is 7.24. The predicted octanol–water partition coefficient (Wildman–Crippen LogP) is 2.93. The number of piperidine rings is 1. The first-order valence-corrected chi connectivity index (χ1v) is 10.4. The van der Waals surface area contributed by atoms with Crippen LogP contribution in [0.25, 0.3) is 0 Å². The van der Waals surface area contributed by atoms with Crippen molar-refractivity contribution >= 4 is 17.5 Å². The molecule has 6 heteroatoms. The van der Waals surface area contributed by atoms with Gasteiger partial charge in [-0.05, 0) is 62.7 Å². The van der Waals surface area contributed by atoms with Crippen molar-refractivity contribution in [2.24, 2.45) is 11.0 Å². The molecule has 1 aromatic carbocycles. The highest BCUT2D eigenvalue weighted by molar-refractivity contribution is 5.94. The third-order valence-electron chi connectivity index (χ3n) is 5.92. The zero-order valence-corrected chi connectivity index (χ0v) is 17.0. The van der Waals surface area contributed by atoms with E-state index < -0.39 is 0 Å². The van der Waals surface area contributed by atoms with E-state index in [1.165, 1.54) is 24.0 Å². The molecule has 2 amide bonds. The van der Waals surface area contributed by atoms with Crippen LogP contribution in [0.1, 0.15) is 62.6 Å². The normalized spacial score (nSPS) is 19.6. The van der Waals surface area contributed by atoms with Crippen molar-refractivity contribution in [1.29, 1.82) is 0 Å². The number of hydrogen-bond acceptors (Lipinski definition) is 4. The van der Waals surface area contributed by atoms with Crippen molar-refractivity contribution in [2.75, 3.05) is 19.6 Å². The van der Waals surface area contributed by atoms with Crippen molar-refractivity contribution in [2.45, 2.75) is 58.4 Å². The molecule has 3 rings (SSSR count). The molecule has 0 aromatic heterocycles. The summed E-state index contributed by atoms with van der Waals surface area (Å²) in [7, 11) is 0. The van der Waals surface area contributed by atoms with E-state index in [0.29, 0.717) is 32.2 Å². The van der Waals surface area contributed by atoms with Crippen LogP contribution in [0.15, 0.2) is 29.4 Å². The van der Waals surface area contributed by atoms with E-state index in [-0.39, 0.29) is 17.9 Å². The zero-order chi connectivity index (χ0) is 19.9. The van der Waals surface area contributed by atoms with Gasteiger partial charge in [-0.25, -0.2) is 5.43 Å². The van der Waals surface area contributed by atoms with Gasteiger partial charge in [0.25, 0.3) is 0 Å². The molecule has 6 nitrogen and oxygen atoms in total. The van der Waals surface area contributed by atoms with Gasteiger partial charge >= 0.3 is 0 Å². The highest BCUT2D eigenvalue weighted by Gasteiger charge is 2.26. The molecule has 1 atom stereocenters. The summed E-state index contributed by atoms with van der Waals surface area (Å²) in [5.41, 5.74) is 5.96. The number of rotatable bonds is 7. The molecule has 0 spiro atoms. The van der Waals surface area contributed by atoms with Gasteiger partial charge in [0, 0.05) is 25.1 Å². The lowest BCUT2D eigenvalue weighted by molar-refractivity contribution is -0.121. The monoisotopic (exact) mass is 384 g/mol.